The number of rotatable bonds is 7. The summed E-state index contributed by atoms with van der Waals surface area (Å²) in [7, 11) is 2.96. The van der Waals surface area contributed by atoms with Crippen molar-refractivity contribution < 1.29 is 27.8 Å². The van der Waals surface area contributed by atoms with E-state index >= 15 is 0 Å². The topological polar surface area (TPSA) is 80.6 Å². The number of nitriles is 1. The lowest BCUT2D eigenvalue weighted by atomic mass is 10.0. The number of nitrogens with one attached hydrogen (secondary N) is 1. The highest BCUT2D eigenvalue weighted by molar-refractivity contribution is 6.09. The van der Waals surface area contributed by atoms with Crippen molar-refractivity contribution >= 4 is 17.7 Å². The SMILES string of the molecule is COc1ccc(NC(=O)/C(C#N)=C/c2cc(C)c(OC(F)F)c(C)c2)cc1OC. The van der Waals surface area contributed by atoms with E-state index in [2.05, 4.69) is 10.1 Å². The van der Waals surface area contributed by atoms with E-state index in [0.717, 1.165) is 0 Å². The Bertz CT molecular complexity index is 958. The second-order valence-corrected chi connectivity index (χ2v) is 6.06. The Kier molecular flexibility index (Phi) is 7.15. The van der Waals surface area contributed by atoms with Gasteiger partial charge in [0.15, 0.2) is 11.5 Å². The van der Waals surface area contributed by atoms with Gasteiger partial charge in [-0.05, 0) is 60.9 Å². The van der Waals surface area contributed by atoms with E-state index in [1.807, 2.05) is 6.07 Å². The largest absolute Gasteiger partial charge is 0.493 e. The number of methoxy groups -OCH3 is 2. The van der Waals surface area contributed by atoms with E-state index in [4.69, 9.17) is 9.47 Å². The summed E-state index contributed by atoms with van der Waals surface area (Å²) in [4.78, 5) is 12.5. The van der Waals surface area contributed by atoms with Crippen molar-refractivity contribution in [3.8, 4) is 23.3 Å². The number of amides is 1. The summed E-state index contributed by atoms with van der Waals surface area (Å²) < 4.78 is 39.9. The van der Waals surface area contributed by atoms with Crippen molar-refractivity contribution in [1.82, 2.24) is 0 Å². The molecule has 0 saturated carbocycles. The molecule has 0 aliphatic rings. The number of ether oxygens (including phenoxy) is 3. The molecule has 0 aliphatic heterocycles. The Labute approximate surface area is 167 Å². The average molecular weight is 402 g/mol. The quantitative estimate of drug-likeness (QED) is 0.546. The highest BCUT2D eigenvalue weighted by Gasteiger charge is 2.14. The summed E-state index contributed by atoms with van der Waals surface area (Å²) in [6, 6.07) is 9.77. The third-order valence-corrected chi connectivity index (χ3v) is 4.01. The molecule has 0 saturated heterocycles. The minimum absolute atomic E-state index is 0.0745. The third kappa shape index (κ3) is 5.45. The minimum Gasteiger partial charge on any atom is -0.493 e. The van der Waals surface area contributed by atoms with Gasteiger partial charge in [-0.25, -0.2) is 0 Å². The van der Waals surface area contributed by atoms with Crippen LogP contribution in [0.1, 0.15) is 16.7 Å². The predicted molar refractivity (Wildman–Crippen MR) is 104 cm³/mol. The molecule has 2 aromatic carbocycles. The van der Waals surface area contributed by atoms with Crippen LogP contribution in [0.5, 0.6) is 17.2 Å². The number of anilines is 1. The van der Waals surface area contributed by atoms with Crippen LogP contribution < -0.4 is 19.5 Å². The van der Waals surface area contributed by atoms with E-state index < -0.39 is 12.5 Å². The molecular formula is C21H20F2N2O4. The number of carbonyl (C=O) groups is 1. The van der Waals surface area contributed by atoms with E-state index in [0.29, 0.717) is 33.9 Å². The summed E-state index contributed by atoms with van der Waals surface area (Å²) >= 11 is 0. The standard InChI is InChI=1S/C21H20F2N2O4/c1-12-7-14(8-13(2)19(12)29-21(22)23)9-15(11-24)20(26)25-16-5-6-17(27-3)18(10-16)28-4/h5-10,21H,1-4H3,(H,25,26)/b15-9+. The van der Waals surface area contributed by atoms with Crippen LogP contribution >= 0.6 is 0 Å². The normalized spacial score (nSPS) is 11.0. The number of nitrogens with zero attached hydrogens (tertiary/aromatic N) is 1. The second kappa shape index (κ2) is 9.55. The molecule has 1 amide bonds. The maximum absolute atomic E-state index is 12.5. The number of alkyl halides is 2. The average Bonchev–Trinajstić information content (AvgIpc) is 2.68. The fourth-order valence-electron chi connectivity index (χ4n) is 2.77. The van der Waals surface area contributed by atoms with Gasteiger partial charge < -0.3 is 19.5 Å². The third-order valence-electron chi connectivity index (χ3n) is 4.01. The van der Waals surface area contributed by atoms with Gasteiger partial charge in [-0.1, -0.05) is 0 Å². The first-order chi connectivity index (χ1) is 13.8. The van der Waals surface area contributed by atoms with Crippen molar-refractivity contribution in [2.45, 2.75) is 20.5 Å². The molecule has 2 aromatic rings. The molecule has 2 rings (SSSR count). The zero-order valence-corrected chi connectivity index (χ0v) is 16.4. The molecule has 0 aromatic heterocycles. The highest BCUT2D eigenvalue weighted by atomic mass is 19.3. The van der Waals surface area contributed by atoms with Gasteiger partial charge in [-0.2, -0.15) is 14.0 Å². The molecule has 6 nitrogen and oxygen atoms in total. The molecule has 0 heterocycles. The van der Waals surface area contributed by atoms with Crippen molar-refractivity contribution in [2.24, 2.45) is 0 Å². The van der Waals surface area contributed by atoms with E-state index in [9.17, 15) is 18.8 Å². The van der Waals surface area contributed by atoms with Gasteiger partial charge in [-0.15, -0.1) is 0 Å². The summed E-state index contributed by atoms with van der Waals surface area (Å²) in [6.07, 6.45) is 1.38. The number of aryl methyl sites for hydroxylation is 2. The van der Waals surface area contributed by atoms with Crippen molar-refractivity contribution in [2.75, 3.05) is 19.5 Å². The Morgan fingerprint density at radius 2 is 1.72 bits per heavy atom. The fraction of sp³-hybridized carbons (Fsp3) is 0.238. The molecule has 29 heavy (non-hydrogen) atoms. The van der Waals surface area contributed by atoms with Crippen molar-refractivity contribution in [3.63, 3.8) is 0 Å². The first-order valence-corrected chi connectivity index (χ1v) is 8.50. The van der Waals surface area contributed by atoms with Gasteiger partial charge in [0.2, 0.25) is 0 Å². The maximum atomic E-state index is 12.5. The predicted octanol–water partition coefficient (Wildman–Crippen LogP) is 4.47. The molecule has 0 fully saturated rings. The zero-order valence-electron chi connectivity index (χ0n) is 16.4. The molecular weight excluding hydrogens is 382 g/mol. The fourth-order valence-corrected chi connectivity index (χ4v) is 2.77. The second-order valence-electron chi connectivity index (χ2n) is 6.06. The molecule has 0 atom stereocenters. The molecule has 152 valence electrons. The molecule has 1 N–H and O–H groups in total. The lowest BCUT2D eigenvalue weighted by Crippen LogP contribution is -2.13. The van der Waals surface area contributed by atoms with E-state index in [1.54, 1.807) is 44.2 Å². The van der Waals surface area contributed by atoms with Crippen LogP contribution in [0.4, 0.5) is 14.5 Å². The molecule has 0 bridgehead atoms. The molecule has 0 spiro atoms. The van der Waals surface area contributed by atoms with Gasteiger partial charge in [0.05, 0.1) is 14.2 Å². The van der Waals surface area contributed by atoms with Crippen LogP contribution in [0.2, 0.25) is 0 Å². The molecule has 8 heteroatoms. The summed E-state index contributed by atoms with van der Waals surface area (Å²) in [5.74, 6) is 0.376. The van der Waals surface area contributed by atoms with Crippen LogP contribution in [0.3, 0.4) is 0 Å². The number of halogens is 2. The van der Waals surface area contributed by atoms with E-state index in [1.165, 1.54) is 20.3 Å². The monoisotopic (exact) mass is 402 g/mol. The number of hydrogen-bond acceptors (Lipinski definition) is 5. The molecule has 0 radical (unpaired) electrons. The van der Waals surface area contributed by atoms with Gasteiger partial charge in [0, 0.05) is 11.8 Å². The van der Waals surface area contributed by atoms with Crippen LogP contribution in [0.25, 0.3) is 6.08 Å². The maximum Gasteiger partial charge on any atom is 0.387 e. The summed E-state index contributed by atoms with van der Waals surface area (Å²) in [6.45, 7) is 0.283. The van der Waals surface area contributed by atoms with Gasteiger partial charge in [0.25, 0.3) is 5.91 Å². The number of carbonyl (C=O) groups excluding carboxylic acids is 1. The lowest BCUT2D eigenvalue weighted by molar-refractivity contribution is -0.112. The van der Waals surface area contributed by atoms with Crippen molar-refractivity contribution in [1.29, 1.82) is 5.26 Å². The van der Waals surface area contributed by atoms with Crippen LogP contribution in [-0.4, -0.2) is 26.7 Å². The molecule has 0 unspecified atom stereocenters. The van der Waals surface area contributed by atoms with Gasteiger partial charge in [0.1, 0.15) is 17.4 Å². The highest BCUT2D eigenvalue weighted by Crippen LogP contribution is 2.30. The summed E-state index contributed by atoms with van der Waals surface area (Å²) in [5.41, 5.74) is 1.71. The number of benzene rings is 2. The van der Waals surface area contributed by atoms with Crippen LogP contribution in [-0.2, 0) is 4.79 Å². The Morgan fingerprint density at radius 1 is 1.10 bits per heavy atom. The Morgan fingerprint density at radius 3 is 2.24 bits per heavy atom. The van der Waals surface area contributed by atoms with E-state index in [-0.39, 0.29) is 11.3 Å². The van der Waals surface area contributed by atoms with Gasteiger partial charge in [-0.3, -0.25) is 4.79 Å². The zero-order chi connectivity index (χ0) is 21.6. The Balaban J connectivity index is 2.28. The van der Waals surface area contributed by atoms with Crippen LogP contribution in [0, 0.1) is 25.2 Å². The lowest BCUT2D eigenvalue weighted by Gasteiger charge is -2.12. The Hall–Kier alpha value is -3.60. The summed E-state index contributed by atoms with van der Waals surface area (Å²) in [5, 5.41) is 12.0. The first kappa shape index (κ1) is 21.7. The van der Waals surface area contributed by atoms with Crippen LogP contribution in [0.15, 0.2) is 35.9 Å². The number of hydrogen-bond donors (Lipinski definition) is 1. The van der Waals surface area contributed by atoms with Crippen molar-refractivity contribution in [3.05, 3.63) is 52.6 Å². The first-order valence-electron chi connectivity index (χ1n) is 8.50. The van der Waals surface area contributed by atoms with Gasteiger partial charge >= 0.3 is 6.61 Å². The smallest absolute Gasteiger partial charge is 0.387 e. The molecule has 0 aliphatic carbocycles. The minimum atomic E-state index is -2.93.